The predicted molar refractivity (Wildman–Crippen MR) is 170 cm³/mol. The molecule has 6 heteroatoms. The van der Waals surface area contributed by atoms with Crippen molar-refractivity contribution in [1.29, 1.82) is 0 Å². The van der Waals surface area contributed by atoms with Gasteiger partial charge in [-0.2, -0.15) is 0 Å². The molecule has 0 radical (unpaired) electrons. The smallest absolute Gasteiger partial charge is 0.191 e. The van der Waals surface area contributed by atoms with Crippen molar-refractivity contribution in [3.63, 3.8) is 0 Å². The summed E-state index contributed by atoms with van der Waals surface area (Å²) in [5.74, 6) is 3.09. The van der Waals surface area contributed by atoms with E-state index in [2.05, 4.69) is 82.6 Å². The molecule has 2 aromatic rings. The van der Waals surface area contributed by atoms with Crippen LogP contribution < -0.4 is 14.2 Å². The lowest BCUT2D eigenvalue weighted by Crippen LogP contribution is -2.40. The summed E-state index contributed by atoms with van der Waals surface area (Å²) in [6.07, 6.45) is 12.3. The molecule has 0 spiro atoms. The third-order valence-electron chi connectivity index (χ3n) is 8.95. The number of hydrogen-bond acceptors (Lipinski definition) is 5. The number of methoxy groups -OCH3 is 2. The number of benzene rings is 2. The zero-order chi connectivity index (χ0) is 28.5. The summed E-state index contributed by atoms with van der Waals surface area (Å²) < 4.78 is 23.5. The Kier molecular flexibility index (Phi) is 11.7. The molecule has 0 fully saturated rings. The Morgan fingerprint density at radius 1 is 0.872 bits per heavy atom. The number of thioether (sulfide) groups is 1. The largest absolute Gasteiger partial charge is 0.497 e. The van der Waals surface area contributed by atoms with Crippen molar-refractivity contribution in [2.75, 3.05) is 33.7 Å². The van der Waals surface area contributed by atoms with E-state index in [-0.39, 0.29) is 4.75 Å². The molecule has 0 amide bonds. The highest BCUT2D eigenvalue weighted by molar-refractivity contribution is 7.99. The number of rotatable bonds is 15. The molecule has 2 atom stereocenters. The summed E-state index contributed by atoms with van der Waals surface area (Å²) >= 11 is 1.92. The first-order valence-corrected chi connectivity index (χ1v) is 18.9. The maximum atomic E-state index is 6.41. The van der Waals surface area contributed by atoms with Crippen LogP contribution in [0.25, 0.3) is 0 Å². The van der Waals surface area contributed by atoms with Gasteiger partial charge in [-0.1, -0.05) is 77.5 Å². The molecule has 0 aromatic heterocycles. The first-order chi connectivity index (χ1) is 18.6. The fraction of sp³-hybridized carbons (Fsp3) is 0.636. The summed E-state index contributed by atoms with van der Waals surface area (Å²) in [6, 6.07) is 14.9. The van der Waals surface area contributed by atoms with E-state index in [1.54, 1.807) is 14.2 Å². The van der Waals surface area contributed by atoms with Crippen LogP contribution in [0.2, 0.25) is 18.1 Å². The van der Waals surface area contributed by atoms with Crippen LogP contribution in [0, 0.1) is 0 Å². The van der Waals surface area contributed by atoms with Crippen molar-refractivity contribution in [2.24, 2.45) is 0 Å². The molecule has 0 N–H and O–H groups in total. The molecule has 2 aromatic carbocycles. The highest BCUT2D eigenvalue weighted by atomic mass is 32.2. The van der Waals surface area contributed by atoms with Crippen molar-refractivity contribution >= 4 is 20.1 Å². The molecule has 4 nitrogen and oxygen atoms in total. The van der Waals surface area contributed by atoms with E-state index in [4.69, 9.17) is 18.6 Å². The van der Waals surface area contributed by atoms with Gasteiger partial charge >= 0.3 is 0 Å². The minimum atomic E-state index is -1.61. The lowest BCUT2D eigenvalue weighted by molar-refractivity contribution is 0.210. The molecule has 0 aliphatic carbocycles. The molecule has 2 unspecified atom stereocenters. The van der Waals surface area contributed by atoms with Gasteiger partial charge in [0.25, 0.3) is 0 Å². The summed E-state index contributed by atoms with van der Waals surface area (Å²) in [4.78, 5) is 0. The van der Waals surface area contributed by atoms with Gasteiger partial charge in [0.2, 0.25) is 0 Å². The molecule has 1 heterocycles. The third kappa shape index (κ3) is 7.98. The number of fused-ring (bicyclic) bond motifs is 1. The Morgan fingerprint density at radius 3 is 2.05 bits per heavy atom. The number of ether oxygens (including phenoxy) is 3. The second kappa shape index (κ2) is 14.3. The van der Waals surface area contributed by atoms with Gasteiger partial charge in [-0.3, -0.25) is 0 Å². The van der Waals surface area contributed by atoms with Crippen molar-refractivity contribution in [1.82, 2.24) is 0 Å². The fourth-order valence-corrected chi connectivity index (χ4v) is 7.50. The minimum absolute atomic E-state index is 0.127. The average molecular weight is 573 g/mol. The lowest BCUT2D eigenvalue weighted by Gasteiger charge is -2.44. The Hall–Kier alpha value is -1.63. The zero-order valence-corrected chi connectivity index (χ0v) is 27.5. The van der Waals surface area contributed by atoms with Gasteiger partial charge in [-0.25, -0.2) is 0 Å². The van der Waals surface area contributed by atoms with Gasteiger partial charge < -0.3 is 18.6 Å². The van der Waals surface area contributed by atoms with Crippen molar-refractivity contribution in [3.05, 3.63) is 53.6 Å². The van der Waals surface area contributed by atoms with Gasteiger partial charge in [0, 0.05) is 18.6 Å². The van der Waals surface area contributed by atoms with Crippen molar-refractivity contribution in [2.45, 2.75) is 101 Å². The zero-order valence-electron chi connectivity index (χ0n) is 25.7. The molecule has 1 aliphatic heterocycles. The monoisotopic (exact) mass is 572 g/mol. The molecule has 3 rings (SSSR count). The van der Waals surface area contributed by atoms with E-state index in [1.807, 2.05) is 11.8 Å². The highest BCUT2D eigenvalue weighted by Gasteiger charge is 2.45. The molecular formula is C33H52O4SSi. The summed E-state index contributed by atoms with van der Waals surface area (Å²) in [5.41, 5.74) is 2.61. The van der Waals surface area contributed by atoms with Gasteiger partial charge in [0.15, 0.2) is 8.32 Å². The predicted octanol–water partition coefficient (Wildman–Crippen LogP) is 9.58. The number of unbranched alkanes of at least 4 members (excludes halogenated alkanes) is 6. The highest BCUT2D eigenvalue weighted by Crippen LogP contribution is 2.55. The SMILES string of the molecule is COc1ccc(C2(SC)COc3cc(OC)ccc3C2CCCCCCCCCO[Si](C)(C)C(C)(C)C)cc1. The standard InChI is InChI=1S/C33H52O4SSi/c1-32(2,3)39(7,8)37-23-15-13-11-9-10-12-14-16-30-29-22-21-28(35-5)24-31(29)36-25-33(30,38-6)26-17-19-27(34-4)20-18-26/h17-22,24,30H,9-16,23,25H2,1-8H3. The summed E-state index contributed by atoms with van der Waals surface area (Å²) in [6.45, 7) is 13.2. The Morgan fingerprint density at radius 2 is 1.46 bits per heavy atom. The van der Waals surface area contributed by atoms with Crippen LogP contribution in [0.5, 0.6) is 17.2 Å². The van der Waals surface area contributed by atoms with Crippen LogP contribution in [0.1, 0.15) is 89.2 Å². The maximum absolute atomic E-state index is 6.41. The van der Waals surface area contributed by atoms with E-state index >= 15 is 0 Å². The van der Waals surface area contributed by atoms with E-state index < -0.39 is 8.32 Å². The normalized spacial score (nSPS) is 19.3. The summed E-state index contributed by atoms with van der Waals surface area (Å²) in [5, 5.41) is 0.297. The van der Waals surface area contributed by atoms with Crippen LogP contribution in [-0.4, -0.2) is 42.0 Å². The molecule has 0 bridgehead atoms. The molecule has 1 aliphatic rings. The van der Waals surface area contributed by atoms with Gasteiger partial charge in [0.05, 0.1) is 19.0 Å². The second-order valence-electron chi connectivity index (χ2n) is 12.4. The van der Waals surface area contributed by atoms with Gasteiger partial charge in [-0.15, -0.1) is 11.8 Å². The average Bonchev–Trinajstić information content (AvgIpc) is 2.93. The van der Waals surface area contributed by atoms with Crippen LogP contribution >= 0.6 is 11.8 Å². The topological polar surface area (TPSA) is 36.9 Å². The first kappa shape index (κ1) is 31.9. The molecule has 0 saturated heterocycles. The van der Waals surface area contributed by atoms with Crippen LogP contribution in [-0.2, 0) is 9.17 Å². The molecule has 218 valence electrons. The summed E-state index contributed by atoms with van der Waals surface area (Å²) in [7, 11) is 1.83. The quantitative estimate of drug-likeness (QED) is 0.157. The maximum Gasteiger partial charge on any atom is 0.191 e. The van der Waals surface area contributed by atoms with E-state index in [1.165, 1.54) is 56.1 Å². The third-order valence-corrected chi connectivity index (χ3v) is 14.9. The van der Waals surface area contributed by atoms with Crippen molar-refractivity contribution < 1.29 is 18.6 Å². The second-order valence-corrected chi connectivity index (χ2v) is 18.4. The van der Waals surface area contributed by atoms with Crippen LogP contribution in [0.3, 0.4) is 0 Å². The van der Waals surface area contributed by atoms with Gasteiger partial charge in [-0.05, 0) is 66.6 Å². The Labute approximate surface area is 243 Å². The lowest BCUT2D eigenvalue weighted by atomic mass is 9.76. The molecule has 39 heavy (non-hydrogen) atoms. The van der Waals surface area contributed by atoms with E-state index in [0.717, 1.165) is 30.3 Å². The van der Waals surface area contributed by atoms with Crippen molar-refractivity contribution in [3.8, 4) is 17.2 Å². The number of hydrogen-bond donors (Lipinski definition) is 0. The van der Waals surface area contributed by atoms with E-state index in [9.17, 15) is 0 Å². The van der Waals surface area contributed by atoms with E-state index in [0.29, 0.717) is 17.6 Å². The van der Waals surface area contributed by atoms with Gasteiger partial charge in [0.1, 0.15) is 23.9 Å². The van der Waals surface area contributed by atoms with Crippen LogP contribution in [0.15, 0.2) is 42.5 Å². The van der Waals surface area contributed by atoms with Crippen LogP contribution in [0.4, 0.5) is 0 Å². The Bertz CT molecular complexity index is 1020. The first-order valence-electron chi connectivity index (χ1n) is 14.7. The fourth-order valence-electron chi connectivity index (χ4n) is 5.33. The Balaban J connectivity index is 1.55. The molecule has 0 saturated carbocycles. The molecular weight excluding hydrogens is 521 g/mol. The minimum Gasteiger partial charge on any atom is -0.497 e.